The Kier molecular flexibility index (Phi) is 7.85. The van der Waals surface area contributed by atoms with Gasteiger partial charge in [0.05, 0.1) is 34.3 Å². The smallest absolute Gasteiger partial charge is 0.362 e. The van der Waals surface area contributed by atoms with E-state index in [9.17, 15) is 33.5 Å². The first-order valence-corrected chi connectivity index (χ1v) is 15.6. The average molecular weight is 680 g/mol. The van der Waals surface area contributed by atoms with E-state index in [-0.39, 0.29) is 49.9 Å². The van der Waals surface area contributed by atoms with Crippen LogP contribution in [0.1, 0.15) is 65.3 Å². The topological polar surface area (TPSA) is 117 Å². The summed E-state index contributed by atoms with van der Waals surface area (Å²) in [4.78, 5) is 45.6. The van der Waals surface area contributed by atoms with Gasteiger partial charge in [-0.25, -0.2) is 0 Å². The van der Waals surface area contributed by atoms with Crippen LogP contribution in [0.3, 0.4) is 0 Å². The van der Waals surface area contributed by atoms with Crippen molar-refractivity contribution >= 4 is 64.1 Å². The van der Waals surface area contributed by atoms with Gasteiger partial charge in [-0.3, -0.25) is 14.4 Å². The number of aromatic hydroxyl groups is 1. The predicted molar refractivity (Wildman–Crippen MR) is 162 cm³/mol. The lowest BCUT2D eigenvalue weighted by molar-refractivity contribution is -0.125. The van der Waals surface area contributed by atoms with Crippen molar-refractivity contribution in [3.8, 4) is 11.8 Å². The summed E-state index contributed by atoms with van der Waals surface area (Å²) in [5.41, 5.74) is -1.52. The van der Waals surface area contributed by atoms with Crippen molar-refractivity contribution in [3.63, 3.8) is 0 Å². The van der Waals surface area contributed by atoms with E-state index >= 15 is 0 Å². The monoisotopic (exact) mass is 678 g/mol. The molecule has 3 heterocycles. The van der Waals surface area contributed by atoms with Crippen LogP contribution in [0.15, 0.2) is 51.0 Å². The van der Waals surface area contributed by atoms with Crippen LogP contribution in [0.5, 0.6) is 5.75 Å². The first-order valence-electron chi connectivity index (χ1n) is 13.7. The number of pyridine rings is 1. The van der Waals surface area contributed by atoms with E-state index in [1.807, 2.05) is 11.1 Å². The predicted octanol–water partition coefficient (Wildman–Crippen LogP) is 7.34. The number of benzene rings is 2. The number of phenolic OH excluding ortho intramolecular Hbond substituents is 1. The molecule has 1 spiro atoms. The highest BCUT2D eigenvalue weighted by atomic mass is 35.5. The Morgan fingerprint density at radius 1 is 1.18 bits per heavy atom. The van der Waals surface area contributed by atoms with Gasteiger partial charge in [-0.2, -0.15) is 14.0 Å². The molecule has 1 saturated carbocycles. The first kappa shape index (κ1) is 30.7. The zero-order chi connectivity index (χ0) is 31.6. The summed E-state index contributed by atoms with van der Waals surface area (Å²) in [6, 6.07) is 9.77. The van der Waals surface area contributed by atoms with Crippen molar-refractivity contribution in [1.82, 2.24) is 9.88 Å². The molecule has 228 valence electrons. The van der Waals surface area contributed by atoms with Crippen molar-refractivity contribution < 1.29 is 23.5 Å². The van der Waals surface area contributed by atoms with Crippen molar-refractivity contribution in [1.29, 1.82) is 5.26 Å². The number of halogens is 5. The molecule has 3 aromatic rings. The number of anilines is 1. The number of fused-ring (bicyclic) bond motifs is 1. The molecule has 1 unspecified atom stereocenters. The van der Waals surface area contributed by atoms with E-state index in [1.165, 1.54) is 23.1 Å². The van der Waals surface area contributed by atoms with E-state index in [0.717, 1.165) is 43.5 Å². The Morgan fingerprint density at radius 3 is 2.52 bits per heavy atom. The molecule has 3 aliphatic rings. The van der Waals surface area contributed by atoms with Crippen LogP contribution in [0, 0.1) is 16.7 Å². The van der Waals surface area contributed by atoms with Gasteiger partial charge in [0, 0.05) is 28.3 Å². The maximum absolute atomic E-state index is 14.2. The third-order valence-corrected chi connectivity index (χ3v) is 10.6. The highest BCUT2D eigenvalue weighted by Gasteiger charge is 2.53. The number of hydrogen-bond donors (Lipinski definition) is 2. The van der Waals surface area contributed by atoms with Crippen LogP contribution in [0.25, 0.3) is 0 Å². The summed E-state index contributed by atoms with van der Waals surface area (Å²) in [6.07, 6.45) is 3.04. The highest BCUT2D eigenvalue weighted by Crippen LogP contribution is 2.54. The molecule has 14 heteroatoms. The number of carbonyl (C=O) groups is 2. The molecule has 1 atom stereocenters. The van der Waals surface area contributed by atoms with E-state index < -0.39 is 34.1 Å². The lowest BCUT2D eigenvalue weighted by Gasteiger charge is -2.33. The van der Waals surface area contributed by atoms with Crippen LogP contribution in [0.4, 0.5) is 14.5 Å². The molecule has 1 aromatic heterocycles. The Bertz CT molecular complexity index is 1800. The van der Waals surface area contributed by atoms with Gasteiger partial charge in [0.2, 0.25) is 5.91 Å². The molecule has 44 heavy (non-hydrogen) atoms. The number of aromatic amines is 1. The number of aromatic nitrogens is 1. The Labute approximate surface area is 269 Å². The quantitative estimate of drug-likeness (QED) is 0.263. The average Bonchev–Trinajstić information content (AvgIpc) is 3.66. The van der Waals surface area contributed by atoms with Gasteiger partial charge < -0.3 is 19.9 Å². The Hall–Kier alpha value is -3.30. The van der Waals surface area contributed by atoms with Crippen LogP contribution in [-0.4, -0.2) is 33.3 Å². The largest absolute Gasteiger partial charge is 0.506 e. The standard InChI is InChI=1S/C30H23Cl3F2N4O4S/c31-17-3-1-4-18(32)25(17)44-22-13-23(30(33,34)35)37-26(41)24(22)27(42)39-14-15-11-20(21(40)12-16(15)19(39)5-9-36)38-10-2-6-29(7-8-29)28(38)43/h1,3-4,11-13,19,40H,2,5-8,10,14H2,(H,37,41). The lowest BCUT2D eigenvalue weighted by atomic mass is 9.92. The summed E-state index contributed by atoms with van der Waals surface area (Å²) < 4.78 is 28.3. The number of alkyl halides is 3. The molecule has 8 nitrogen and oxygen atoms in total. The van der Waals surface area contributed by atoms with Crippen molar-refractivity contribution in [2.45, 2.75) is 59.9 Å². The molecule has 2 amide bonds. The number of nitrogens with zero attached hydrogens (tertiary/aromatic N) is 3. The summed E-state index contributed by atoms with van der Waals surface area (Å²) in [5, 5.41) is 17.0. The fraction of sp³-hybridized carbons (Fsp3) is 0.333. The van der Waals surface area contributed by atoms with Gasteiger partial charge >= 0.3 is 5.38 Å². The van der Waals surface area contributed by atoms with Crippen molar-refractivity contribution in [2.75, 3.05) is 11.4 Å². The third kappa shape index (κ3) is 5.32. The number of H-pyrrole nitrogens is 1. The summed E-state index contributed by atoms with van der Waals surface area (Å²) in [6.45, 7) is 0.375. The van der Waals surface area contributed by atoms with Gasteiger partial charge in [0.1, 0.15) is 17.0 Å². The van der Waals surface area contributed by atoms with Crippen molar-refractivity contribution in [2.24, 2.45) is 5.41 Å². The highest BCUT2D eigenvalue weighted by molar-refractivity contribution is 7.99. The van der Waals surface area contributed by atoms with Gasteiger partial charge in [-0.1, -0.05) is 41.0 Å². The van der Waals surface area contributed by atoms with E-state index in [2.05, 4.69) is 0 Å². The first-order chi connectivity index (χ1) is 20.8. The van der Waals surface area contributed by atoms with Crippen molar-refractivity contribution in [3.05, 3.63) is 79.2 Å². The van der Waals surface area contributed by atoms with Crippen LogP contribution < -0.4 is 10.5 Å². The number of phenols is 1. The summed E-state index contributed by atoms with van der Waals surface area (Å²) in [7, 11) is 0. The second-order valence-electron chi connectivity index (χ2n) is 11.1. The molecule has 2 N–H and O–H groups in total. The summed E-state index contributed by atoms with van der Waals surface area (Å²) in [5.74, 6) is -1.05. The van der Waals surface area contributed by atoms with Gasteiger partial charge in [-0.15, -0.1) is 0 Å². The van der Waals surface area contributed by atoms with Crippen LogP contribution >= 0.6 is 46.6 Å². The fourth-order valence-electron chi connectivity index (χ4n) is 6.00. The molecule has 6 rings (SSSR count). The van der Waals surface area contributed by atoms with E-state index in [4.69, 9.17) is 34.8 Å². The van der Waals surface area contributed by atoms with Gasteiger partial charge in [0.15, 0.2) is 0 Å². The van der Waals surface area contributed by atoms with E-state index in [0.29, 0.717) is 23.4 Å². The molecule has 1 aliphatic carbocycles. The number of nitrogens with one attached hydrogen (secondary N) is 1. The minimum Gasteiger partial charge on any atom is -0.506 e. The molecule has 0 radical (unpaired) electrons. The Morgan fingerprint density at radius 2 is 1.89 bits per heavy atom. The molecule has 0 bridgehead atoms. The minimum absolute atomic E-state index is 0.0406. The second kappa shape index (κ2) is 11.2. The number of carbonyl (C=O) groups excluding carboxylic acids is 2. The molecule has 1 saturated heterocycles. The molecule has 2 aromatic carbocycles. The minimum atomic E-state index is -3.95. The maximum atomic E-state index is 14.2. The number of amides is 2. The lowest BCUT2D eigenvalue weighted by Crippen LogP contribution is -2.42. The SMILES string of the molecule is N#CCC1c2cc(O)c(N3CCCC4(CC4)C3=O)cc2CN1C(=O)c1c(Sc2c(Cl)cccc2Cl)cc(C(F)(F)Cl)[nH]c1=O. The molecular weight excluding hydrogens is 657 g/mol. The molecule has 2 aliphatic heterocycles. The zero-order valence-electron chi connectivity index (χ0n) is 22.8. The van der Waals surface area contributed by atoms with Crippen LogP contribution in [0.2, 0.25) is 10.0 Å². The summed E-state index contributed by atoms with van der Waals surface area (Å²) >= 11 is 18.6. The number of nitriles is 1. The van der Waals surface area contributed by atoms with Crippen LogP contribution in [-0.2, 0) is 16.7 Å². The van der Waals surface area contributed by atoms with Gasteiger partial charge in [0.25, 0.3) is 11.5 Å². The zero-order valence-corrected chi connectivity index (χ0v) is 25.9. The molecular formula is C30H23Cl3F2N4O4S. The number of rotatable bonds is 6. The normalized spacial score (nSPS) is 18.8. The number of piperidine rings is 1. The Balaban J connectivity index is 1.41. The van der Waals surface area contributed by atoms with E-state index in [1.54, 1.807) is 17.0 Å². The molecule has 2 fully saturated rings. The maximum Gasteiger partial charge on any atom is 0.362 e. The fourth-order valence-corrected chi connectivity index (χ4v) is 7.74. The van der Waals surface area contributed by atoms with Gasteiger partial charge in [-0.05, 0) is 78.7 Å². The second-order valence-corrected chi connectivity index (χ2v) is 13.4. The number of hydrogen-bond acceptors (Lipinski definition) is 6. The third-order valence-electron chi connectivity index (χ3n) is 8.39.